The lowest BCUT2D eigenvalue weighted by Crippen LogP contribution is -2.23. The summed E-state index contributed by atoms with van der Waals surface area (Å²) in [5.41, 5.74) is 0.117. The van der Waals surface area contributed by atoms with Crippen molar-refractivity contribution in [1.82, 2.24) is 10.5 Å². The molecule has 3 rings (SSSR count). The Labute approximate surface area is 164 Å². The van der Waals surface area contributed by atoms with Gasteiger partial charge in [-0.05, 0) is 36.4 Å². The molecule has 9 heteroatoms. The van der Waals surface area contributed by atoms with E-state index in [1.165, 1.54) is 26.4 Å². The number of rotatable bonds is 6. The van der Waals surface area contributed by atoms with Crippen molar-refractivity contribution in [1.29, 1.82) is 0 Å². The number of ether oxygens (including phenoxy) is 2. The molecule has 0 bridgehead atoms. The maximum absolute atomic E-state index is 12.8. The molecule has 1 heterocycles. The van der Waals surface area contributed by atoms with E-state index in [-0.39, 0.29) is 12.1 Å². The molecule has 2 aromatic carbocycles. The summed E-state index contributed by atoms with van der Waals surface area (Å²) in [4.78, 5) is 12.2. The Morgan fingerprint density at radius 3 is 2.52 bits per heavy atom. The second kappa shape index (κ2) is 8.26. The molecule has 0 aliphatic carbocycles. The van der Waals surface area contributed by atoms with Crippen LogP contribution in [-0.4, -0.2) is 25.3 Å². The van der Waals surface area contributed by atoms with Crippen molar-refractivity contribution in [3.05, 3.63) is 65.4 Å². The van der Waals surface area contributed by atoms with Gasteiger partial charge >= 0.3 is 6.18 Å². The van der Waals surface area contributed by atoms with E-state index in [1.54, 1.807) is 24.3 Å². The van der Waals surface area contributed by atoms with Crippen LogP contribution in [0.15, 0.2) is 53.1 Å². The van der Waals surface area contributed by atoms with E-state index in [9.17, 15) is 18.0 Å². The number of aromatic nitrogens is 1. The quantitative estimate of drug-likeness (QED) is 0.661. The Hall–Kier alpha value is -3.49. The standard InChI is InChI=1S/C20H17F3N2O4/c1-27-16-7-6-12(9-18(16)28-2)17-10-15(25-29-17)11-24-19(26)13-4-3-5-14(8-13)20(21,22)23/h3-10H,11H2,1-2H3,(H,24,26). The van der Waals surface area contributed by atoms with Crippen LogP contribution >= 0.6 is 0 Å². The molecule has 0 spiro atoms. The van der Waals surface area contributed by atoms with Crippen LogP contribution < -0.4 is 14.8 Å². The number of methoxy groups -OCH3 is 2. The second-order valence-electron chi connectivity index (χ2n) is 6.01. The Kier molecular flexibility index (Phi) is 5.76. The van der Waals surface area contributed by atoms with Gasteiger partial charge in [-0.15, -0.1) is 0 Å². The number of carbonyl (C=O) groups excluding carboxylic acids is 1. The van der Waals surface area contributed by atoms with E-state index in [0.29, 0.717) is 28.5 Å². The van der Waals surface area contributed by atoms with E-state index < -0.39 is 17.6 Å². The van der Waals surface area contributed by atoms with Crippen LogP contribution in [0.4, 0.5) is 13.2 Å². The molecule has 3 aromatic rings. The Bertz CT molecular complexity index is 1010. The van der Waals surface area contributed by atoms with Gasteiger partial charge < -0.3 is 19.3 Å². The molecule has 1 amide bonds. The topological polar surface area (TPSA) is 73.6 Å². The van der Waals surface area contributed by atoms with Gasteiger partial charge in [0.1, 0.15) is 5.69 Å². The molecule has 0 fully saturated rings. The molecule has 0 aliphatic heterocycles. The zero-order valence-electron chi connectivity index (χ0n) is 15.5. The molecule has 29 heavy (non-hydrogen) atoms. The molecule has 0 saturated carbocycles. The van der Waals surface area contributed by atoms with Crippen molar-refractivity contribution >= 4 is 5.91 Å². The van der Waals surface area contributed by atoms with Crippen LogP contribution in [0.2, 0.25) is 0 Å². The lowest BCUT2D eigenvalue weighted by molar-refractivity contribution is -0.137. The van der Waals surface area contributed by atoms with Gasteiger partial charge in [0.2, 0.25) is 0 Å². The van der Waals surface area contributed by atoms with Crippen LogP contribution in [0, 0.1) is 0 Å². The van der Waals surface area contributed by atoms with Gasteiger partial charge in [0, 0.05) is 17.2 Å². The number of carbonyl (C=O) groups is 1. The molecule has 0 unspecified atom stereocenters. The molecule has 6 nitrogen and oxygen atoms in total. The molecule has 0 radical (unpaired) electrons. The highest BCUT2D eigenvalue weighted by Gasteiger charge is 2.30. The lowest BCUT2D eigenvalue weighted by Gasteiger charge is -2.08. The zero-order valence-corrected chi connectivity index (χ0v) is 15.5. The first-order valence-electron chi connectivity index (χ1n) is 8.45. The molecule has 0 atom stereocenters. The van der Waals surface area contributed by atoms with Gasteiger partial charge in [-0.3, -0.25) is 4.79 Å². The smallest absolute Gasteiger partial charge is 0.416 e. The van der Waals surface area contributed by atoms with Crippen LogP contribution in [0.1, 0.15) is 21.6 Å². The molecular formula is C20H17F3N2O4. The van der Waals surface area contributed by atoms with Gasteiger partial charge in [-0.1, -0.05) is 11.2 Å². The minimum absolute atomic E-state index is 0.00807. The van der Waals surface area contributed by atoms with Gasteiger partial charge in [0.05, 0.1) is 26.3 Å². The first-order valence-corrected chi connectivity index (χ1v) is 8.45. The summed E-state index contributed by atoms with van der Waals surface area (Å²) >= 11 is 0. The highest BCUT2D eigenvalue weighted by molar-refractivity contribution is 5.94. The fourth-order valence-corrected chi connectivity index (χ4v) is 2.63. The Morgan fingerprint density at radius 2 is 1.83 bits per heavy atom. The average Bonchev–Trinajstić information content (AvgIpc) is 3.20. The minimum atomic E-state index is -4.52. The van der Waals surface area contributed by atoms with Crippen molar-refractivity contribution in [2.24, 2.45) is 0 Å². The average molecular weight is 406 g/mol. The number of halogens is 3. The molecule has 152 valence electrons. The first kappa shape index (κ1) is 20.2. The summed E-state index contributed by atoms with van der Waals surface area (Å²) in [5, 5.41) is 6.40. The van der Waals surface area contributed by atoms with Gasteiger partial charge in [-0.25, -0.2) is 0 Å². The summed E-state index contributed by atoms with van der Waals surface area (Å²) in [6, 6.07) is 11.0. The normalized spacial score (nSPS) is 11.2. The van der Waals surface area contributed by atoms with E-state index in [1.807, 2.05) is 0 Å². The van der Waals surface area contributed by atoms with E-state index in [0.717, 1.165) is 12.1 Å². The Balaban J connectivity index is 1.69. The maximum atomic E-state index is 12.8. The number of hydrogen-bond donors (Lipinski definition) is 1. The fraction of sp³-hybridized carbons (Fsp3) is 0.200. The highest BCUT2D eigenvalue weighted by Crippen LogP contribution is 2.32. The SMILES string of the molecule is COc1ccc(-c2cc(CNC(=O)c3cccc(C(F)(F)F)c3)no2)cc1OC. The number of nitrogens with zero attached hydrogens (tertiary/aromatic N) is 1. The monoisotopic (exact) mass is 406 g/mol. The summed E-state index contributed by atoms with van der Waals surface area (Å²) < 4.78 is 54.0. The third-order valence-electron chi connectivity index (χ3n) is 4.11. The van der Waals surface area contributed by atoms with Gasteiger partial charge in [0.25, 0.3) is 5.91 Å². The van der Waals surface area contributed by atoms with Gasteiger partial charge in [0.15, 0.2) is 17.3 Å². The van der Waals surface area contributed by atoms with Crippen LogP contribution in [0.3, 0.4) is 0 Å². The molecule has 1 N–H and O–H groups in total. The van der Waals surface area contributed by atoms with Crippen LogP contribution in [0.5, 0.6) is 11.5 Å². The zero-order chi connectivity index (χ0) is 21.0. The third-order valence-corrected chi connectivity index (χ3v) is 4.11. The predicted molar refractivity (Wildman–Crippen MR) is 97.7 cm³/mol. The van der Waals surface area contributed by atoms with Crippen molar-refractivity contribution in [3.63, 3.8) is 0 Å². The number of hydrogen-bond acceptors (Lipinski definition) is 5. The van der Waals surface area contributed by atoms with Crippen LogP contribution in [-0.2, 0) is 12.7 Å². The third kappa shape index (κ3) is 4.68. The van der Waals surface area contributed by atoms with Crippen molar-refractivity contribution in [2.75, 3.05) is 14.2 Å². The molecule has 0 saturated heterocycles. The fourth-order valence-electron chi connectivity index (χ4n) is 2.63. The number of nitrogens with one attached hydrogen (secondary N) is 1. The minimum Gasteiger partial charge on any atom is -0.493 e. The number of amides is 1. The first-order chi connectivity index (χ1) is 13.8. The molecule has 0 aliphatic rings. The second-order valence-corrected chi connectivity index (χ2v) is 6.01. The summed E-state index contributed by atoms with van der Waals surface area (Å²) in [7, 11) is 3.04. The van der Waals surface area contributed by atoms with Crippen molar-refractivity contribution < 1.29 is 32.0 Å². The number of benzene rings is 2. The number of alkyl halides is 3. The lowest BCUT2D eigenvalue weighted by atomic mass is 10.1. The summed E-state index contributed by atoms with van der Waals surface area (Å²) in [6.45, 7) is -0.00807. The maximum Gasteiger partial charge on any atom is 0.416 e. The van der Waals surface area contributed by atoms with Crippen LogP contribution in [0.25, 0.3) is 11.3 Å². The molecular weight excluding hydrogens is 389 g/mol. The van der Waals surface area contributed by atoms with Crippen molar-refractivity contribution in [2.45, 2.75) is 12.7 Å². The summed E-state index contributed by atoms with van der Waals surface area (Å²) in [6.07, 6.45) is -4.52. The summed E-state index contributed by atoms with van der Waals surface area (Å²) in [5.74, 6) is 0.867. The Morgan fingerprint density at radius 1 is 1.07 bits per heavy atom. The predicted octanol–water partition coefficient (Wildman–Crippen LogP) is 4.31. The van der Waals surface area contributed by atoms with Crippen molar-refractivity contribution in [3.8, 4) is 22.8 Å². The van der Waals surface area contributed by atoms with E-state index in [4.69, 9.17) is 14.0 Å². The molecule has 1 aromatic heterocycles. The van der Waals surface area contributed by atoms with E-state index in [2.05, 4.69) is 10.5 Å². The van der Waals surface area contributed by atoms with Gasteiger partial charge in [-0.2, -0.15) is 13.2 Å². The largest absolute Gasteiger partial charge is 0.493 e. The highest BCUT2D eigenvalue weighted by atomic mass is 19.4. The van der Waals surface area contributed by atoms with E-state index >= 15 is 0 Å².